The van der Waals surface area contributed by atoms with Crippen molar-refractivity contribution in [2.24, 2.45) is 0 Å². The van der Waals surface area contributed by atoms with E-state index in [1.54, 1.807) is 4.90 Å². The van der Waals surface area contributed by atoms with Gasteiger partial charge in [0.1, 0.15) is 12.2 Å². The van der Waals surface area contributed by atoms with Crippen LogP contribution in [0.5, 0.6) is 0 Å². The van der Waals surface area contributed by atoms with E-state index in [0.717, 1.165) is 19.6 Å². The molecule has 1 rings (SSSR count). The predicted molar refractivity (Wildman–Crippen MR) is 91.0 cm³/mol. The van der Waals surface area contributed by atoms with Crippen LogP contribution in [0.3, 0.4) is 0 Å². The maximum absolute atomic E-state index is 11.9. The van der Waals surface area contributed by atoms with Crippen LogP contribution >= 0.6 is 12.4 Å². The van der Waals surface area contributed by atoms with Gasteiger partial charge in [-0.25, -0.2) is 4.79 Å². The van der Waals surface area contributed by atoms with Gasteiger partial charge in [0.2, 0.25) is 5.91 Å². The molecule has 1 N–H and O–H groups in total. The topological polar surface area (TPSA) is 71.1 Å². The zero-order valence-corrected chi connectivity index (χ0v) is 15.4. The lowest BCUT2D eigenvalue weighted by Gasteiger charge is -2.35. The van der Waals surface area contributed by atoms with E-state index in [1.807, 2.05) is 27.7 Å². The Morgan fingerprint density at radius 2 is 1.74 bits per heavy atom. The van der Waals surface area contributed by atoms with Crippen LogP contribution in [0.1, 0.15) is 27.7 Å². The van der Waals surface area contributed by atoms with Gasteiger partial charge in [-0.2, -0.15) is 0 Å². The lowest BCUT2D eigenvalue weighted by atomic mass is 10.2. The minimum atomic E-state index is -0.459. The van der Waals surface area contributed by atoms with Gasteiger partial charge in [0, 0.05) is 45.9 Å². The number of hydrogen-bond acceptors (Lipinski definition) is 5. The van der Waals surface area contributed by atoms with Gasteiger partial charge in [-0.15, -0.1) is 12.4 Å². The molecule has 0 spiro atoms. The first-order chi connectivity index (χ1) is 10.3. The third-order valence-electron chi connectivity index (χ3n) is 3.21. The van der Waals surface area contributed by atoms with Crippen LogP contribution in [0.4, 0.5) is 4.79 Å². The fourth-order valence-electron chi connectivity index (χ4n) is 2.08. The average Bonchev–Trinajstić information content (AvgIpc) is 2.44. The summed E-state index contributed by atoms with van der Waals surface area (Å²) in [5.74, 6) is -0.0887. The van der Waals surface area contributed by atoms with E-state index >= 15 is 0 Å². The normalized spacial score (nSPS) is 15.7. The van der Waals surface area contributed by atoms with Crippen molar-refractivity contribution in [1.82, 2.24) is 15.1 Å². The molecule has 2 amide bonds. The van der Waals surface area contributed by atoms with E-state index in [0.29, 0.717) is 26.2 Å². The first-order valence-corrected chi connectivity index (χ1v) is 7.86. The van der Waals surface area contributed by atoms with Crippen LogP contribution in [0.25, 0.3) is 0 Å². The number of ether oxygens (including phenoxy) is 2. The number of halogens is 1. The molecule has 0 bridgehead atoms. The molecule has 7 nitrogen and oxygen atoms in total. The molecule has 1 heterocycles. The molecule has 0 aromatic carbocycles. The highest BCUT2D eigenvalue weighted by Gasteiger charge is 2.25. The third kappa shape index (κ3) is 9.63. The number of piperazine rings is 1. The van der Waals surface area contributed by atoms with Crippen LogP contribution in [-0.4, -0.2) is 79.9 Å². The van der Waals surface area contributed by atoms with E-state index in [4.69, 9.17) is 9.47 Å². The van der Waals surface area contributed by atoms with E-state index in [9.17, 15) is 9.59 Å². The summed E-state index contributed by atoms with van der Waals surface area (Å²) >= 11 is 0. The van der Waals surface area contributed by atoms with Crippen molar-refractivity contribution in [3.05, 3.63) is 0 Å². The minimum absolute atomic E-state index is 0. The van der Waals surface area contributed by atoms with Gasteiger partial charge in [0.25, 0.3) is 0 Å². The van der Waals surface area contributed by atoms with Gasteiger partial charge in [-0.3, -0.25) is 9.69 Å². The Bertz CT molecular complexity index is 366. The summed E-state index contributed by atoms with van der Waals surface area (Å²) in [6.07, 6.45) is -0.253. The van der Waals surface area contributed by atoms with Crippen LogP contribution in [0, 0.1) is 0 Å². The Hall–Kier alpha value is -1.05. The summed E-state index contributed by atoms with van der Waals surface area (Å²) in [6, 6.07) is 0. The van der Waals surface area contributed by atoms with Crippen molar-refractivity contribution < 1.29 is 19.1 Å². The maximum atomic E-state index is 11.9. The summed E-state index contributed by atoms with van der Waals surface area (Å²) in [5.41, 5.74) is -0.459. The second kappa shape index (κ2) is 10.7. The number of amides is 2. The summed E-state index contributed by atoms with van der Waals surface area (Å²) in [5, 5.41) is 2.82. The number of carbonyl (C=O) groups excluding carboxylic acids is 2. The highest BCUT2D eigenvalue weighted by atomic mass is 35.5. The summed E-state index contributed by atoms with van der Waals surface area (Å²) in [7, 11) is 0. The Morgan fingerprint density at radius 1 is 1.13 bits per heavy atom. The zero-order valence-electron chi connectivity index (χ0n) is 14.6. The molecular formula is C15H30ClN3O4. The van der Waals surface area contributed by atoms with Gasteiger partial charge in [0.05, 0.1) is 0 Å². The predicted octanol–water partition coefficient (Wildman–Crippen LogP) is 1.11. The Morgan fingerprint density at radius 3 is 2.26 bits per heavy atom. The molecule has 0 aliphatic carbocycles. The molecule has 0 radical (unpaired) electrons. The molecule has 0 unspecified atom stereocenters. The quantitative estimate of drug-likeness (QED) is 0.776. The number of nitrogens with zero attached hydrogens (tertiary/aromatic N) is 2. The molecule has 1 aliphatic rings. The van der Waals surface area contributed by atoms with Gasteiger partial charge >= 0.3 is 6.09 Å². The number of carbonyl (C=O) groups is 2. The molecule has 0 aromatic rings. The van der Waals surface area contributed by atoms with E-state index in [2.05, 4.69) is 10.2 Å². The molecule has 0 saturated carbocycles. The van der Waals surface area contributed by atoms with E-state index in [-0.39, 0.29) is 31.0 Å². The largest absolute Gasteiger partial charge is 0.444 e. The van der Waals surface area contributed by atoms with Crippen LogP contribution in [0.15, 0.2) is 0 Å². The molecule has 0 aromatic heterocycles. The van der Waals surface area contributed by atoms with Gasteiger partial charge in [0.15, 0.2) is 0 Å². The van der Waals surface area contributed by atoms with E-state index in [1.165, 1.54) is 0 Å². The molecular weight excluding hydrogens is 322 g/mol. The molecule has 1 saturated heterocycles. The van der Waals surface area contributed by atoms with Crippen molar-refractivity contribution in [3.8, 4) is 0 Å². The molecule has 8 heteroatoms. The van der Waals surface area contributed by atoms with Gasteiger partial charge in [-0.05, 0) is 27.7 Å². The Labute approximate surface area is 145 Å². The van der Waals surface area contributed by atoms with Crippen molar-refractivity contribution >= 4 is 24.4 Å². The standard InChI is InChI=1S/C15H29N3O4.ClH/c1-5-21-12-13(19)16-6-7-17-8-10-18(11-9-17)14(20)22-15(2,3)4;/h5-12H2,1-4H3,(H,16,19);1H. The summed E-state index contributed by atoms with van der Waals surface area (Å²) in [4.78, 5) is 27.3. The first kappa shape index (κ1) is 21.9. The summed E-state index contributed by atoms with van der Waals surface area (Å²) < 4.78 is 10.4. The maximum Gasteiger partial charge on any atom is 0.410 e. The SMILES string of the molecule is CCOCC(=O)NCCN1CCN(C(=O)OC(C)(C)C)CC1.Cl. The summed E-state index contributed by atoms with van der Waals surface area (Å²) in [6.45, 7) is 12.4. The lowest BCUT2D eigenvalue weighted by molar-refractivity contribution is -0.125. The molecule has 1 fully saturated rings. The van der Waals surface area contributed by atoms with Crippen molar-refractivity contribution in [3.63, 3.8) is 0 Å². The molecule has 23 heavy (non-hydrogen) atoms. The number of hydrogen-bond donors (Lipinski definition) is 1. The second-order valence-electron chi connectivity index (χ2n) is 6.30. The van der Waals surface area contributed by atoms with Gasteiger partial charge < -0.3 is 19.7 Å². The van der Waals surface area contributed by atoms with Crippen molar-refractivity contribution in [2.75, 3.05) is 52.5 Å². The van der Waals surface area contributed by atoms with Crippen LogP contribution in [0.2, 0.25) is 0 Å². The van der Waals surface area contributed by atoms with Crippen LogP contribution < -0.4 is 5.32 Å². The zero-order chi connectivity index (χ0) is 16.6. The Balaban J connectivity index is 0.00000484. The van der Waals surface area contributed by atoms with Gasteiger partial charge in [-0.1, -0.05) is 0 Å². The van der Waals surface area contributed by atoms with Crippen molar-refractivity contribution in [1.29, 1.82) is 0 Å². The third-order valence-corrected chi connectivity index (χ3v) is 3.21. The second-order valence-corrected chi connectivity index (χ2v) is 6.30. The number of rotatable bonds is 6. The van der Waals surface area contributed by atoms with E-state index < -0.39 is 5.60 Å². The molecule has 136 valence electrons. The molecule has 1 aliphatic heterocycles. The Kier molecular flexibility index (Phi) is 10.2. The average molecular weight is 352 g/mol. The highest BCUT2D eigenvalue weighted by Crippen LogP contribution is 2.11. The fraction of sp³-hybridized carbons (Fsp3) is 0.867. The smallest absolute Gasteiger partial charge is 0.410 e. The highest BCUT2D eigenvalue weighted by molar-refractivity contribution is 5.85. The van der Waals surface area contributed by atoms with Crippen LogP contribution in [-0.2, 0) is 14.3 Å². The lowest BCUT2D eigenvalue weighted by Crippen LogP contribution is -2.51. The monoisotopic (exact) mass is 351 g/mol. The number of nitrogens with one attached hydrogen (secondary N) is 1. The van der Waals surface area contributed by atoms with Crippen molar-refractivity contribution in [2.45, 2.75) is 33.3 Å². The molecule has 0 atom stereocenters. The minimum Gasteiger partial charge on any atom is -0.444 e. The fourth-order valence-corrected chi connectivity index (χ4v) is 2.08. The first-order valence-electron chi connectivity index (χ1n) is 7.86.